The zero-order valence-corrected chi connectivity index (χ0v) is 13.0. The normalized spacial score (nSPS) is 16.5. The van der Waals surface area contributed by atoms with Gasteiger partial charge in [0.15, 0.2) is 6.10 Å². The van der Waals surface area contributed by atoms with Crippen LogP contribution in [0.2, 0.25) is 0 Å². The van der Waals surface area contributed by atoms with Gasteiger partial charge in [-0.15, -0.1) is 6.58 Å². The summed E-state index contributed by atoms with van der Waals surface area (Å²) in [4.78, 5) is 0. The van der Waals surface area contributed by atoms with Crippen LogP contribution in [0.4, 0.5) is 52.7 Å². The average molecular weight is 436 g/mol. The second-order valence-corrected chi connectivity index (χ2v) is 6.52. The first kappa shape index (κ1) is 24.8. The van der Waals surface area contributed by atoms with E-state index in [4.69, 9.17) is 0 Å². The summed E-state index contributed by atoms with van der Waals surface area (Å²) in [6, 6.07) is 0. The van der Waals surface area contributed by atoms with Crippen LogP contribution in [0.15, 0.2) is 12.2 Å². The molecule has 3 nitrogen and oxygen atoms in total. The molecule has 0 bridgehead atoms. The van der Waals surface area contributed by atoms with Crippen molar-refractivity contribution in [3.63, 3.8) is 0 Å². The van der Waals surface area contributed by atoms with Crippen LogP contribution in [-0.2, 0) is 14.3 Å². The molecule has 156 valence electrons. The van der Waals surface area contributed by atoms with Crippen molar-refractivity contribution in [1.82, 2.24) is 0 Å². The van der Waals surface area contributed by atoms with Crippen LogP contribution in [0.25, 0.3) is 0 Å². The zero-order chi connectivity index (χ0) is 21.6. The molecule has 0 heterocycles. The van der Waals surface area contributed by atoms with E-state index in [1.54, 1.807) is 0 Å². The van der Waals surface area contributed by atoms with Crippen molar-refractivity contribution in [1.29, 1.82) is 0 Å². The third-order valence-electron chi connectivity index (χ3n) is 2.57. The van der Waals surface area contributed by atoms with Crippen molar-refractivity contribution in [3.8, 4) is 0 Å². The van der Waals surface area contributed by atoms with Crippen LogP contribution in [0, 0.1) is 0 Å². The van der Waals surface area contributed by atoms with Crippen LogP contribution in [0.1, 0.15) is 13.3 Å². The van der Waals surface area contributed by atoms with E-state index >= 15 is 0 Å². The Morgan fingerprint density at radius 2 is 1.27 bits per heavy atom. The molecule has 0 rings (SSSR count). The van der Waals surface area contributed by atoms with Crippen molar-refractivity contribution >= 4 is 10.1 Å². The monoisotopic (exact) mass is 436 g/mol. The van der Waals surface area contributed by atoms with Crippen molar-refractivity contribution in [2.75, 3.05) is 0 Å². The molecule has 1 atom stereocenters. The molecular formula is C10H8F12O3S. The molecule has 0 aromatic rings. The second kappa shape index (κ2) is 6.76. The molecule has 1 unspecified atom stereocenters. The highest BCUT2D eigenvalue weighted by Gasteiger charge is 2.86. The van der Waals surface area contributed by atoms with Gasteiger partial charge in [-0.2, -0.15) is 61.1 Å². The molecule has 16 heteroatoms. The molecule has 0 aliphatic carbocycles. The highest BCUT2D eigenvalue weighted by atomic mass is 32.2. The lowest BCUT2D eigenvalue weighted by atomic mass is 10.1. The minimum atomic E-state index is -7.68. The standard InChI is InChI=1S/C10H8F12O3S/c1-4(2)3-5(6(11,12)13)25-26(23,24)10(21,22)8(16,17)7(14,15)9(18,19)20/h5H,1,3H2,2H3. The lowest BCUT2D eigenvalue weighted by molar-refractivity contribution is -0.383. The van der Waals surface area contributed by atoms with Crippen molar-refractivity contribution in [2.24, 2.45) is 0 Å². The van der Waals surface area contributed by atoms with Crippen LogP contribution < -0.4 is 0 Å². The number of halogens is 12. The van der Waals surface area contributed by atoms with Crippen molar-refractivity contribution in [2.45, 2.75) is 48.9 Å². The molecule has 0 saturated heterocycles. The Labute approximate surface area is 137 Å². The Bertz CT molecular complexity index is 631. The van der Waals surface area contributed by atoms with Crippen LogP contribution >= 0.6 is 0 Å². The van der Waals surface area contributed by atoms with Crippen LogP contribution in [0.3, 0.4) is 0 Å². The van der Waals surface area contributed by atoms with Gasteiger partial charge < -0.3 is 0 Å². The van der Waals surface area contributed by atoms with Crippen molar-refractivity contribution in [3.05, 3.63) is 12.2 Å². The summed E-state index contributed by atoms with van der Waals surface area (Å²) in [6.07, 6.45) is -18.5. The summed E-state index contributed by atoms with van der Waals surface area (Å²) in [7, 11) is -7.61. The maximum Gasteiger partial charge on any atom is 0.460 e. The van der Waals surface area contributed by atoms with Gasteiger partial charge in [0.25, 0.3) is 0 Å². The molecule has 0 aromatic carbocycles. The quantitative estimate of drug-likeness (QED) is 0.332. The number of hydrogen-bond donors (Lipinski definition) is 0. The van der Waals surface area contributed by atoms with Gasteiger partial charge >= 0.3 is 39.6 Å². The molecule has 0 aliphatic rings. The van der Waals surface area contributed by atoms with Gasteiger partial charge in [-0.3, -0.25) is 4.18 Å². The molecule has 0 aliphatic heterocycles. The third-order valence-corrected chi connectivity index (χ3v) is 3.94. The summed E-state index contributed by atoms with van der Waals surface area (Å²) >= 11 is 0. The smallest absolute Gasteiger partial charge is 0.252 e. The molecule has 0 spiro atoms. The fourth-order valence-electron chi connectivity index (χ4n) is 1.25. The van der Waals surface area contributed by atoms with Gasteiger partial charge in [-0.25, -0.2) is 0 Å². The molecule has 0 aromatic heterocycles. The Morgan fingerprint density at radius 1 is 0.885 bits per heavy atom. The minimum Gasteiger partial charge on any atom is -0.252 e. The lowest BCUT2D eigenvalue weighted by Gasteiger charge is -2.33. The van der Waals surface area contributed by atoms with Gasteiger partial charge in [0.05, 0.1) is 0 Å². The number of rotatable bonds is 7. The highest BCUT2D eigenvalue weighted by Crippen LogP contribution is 2.55. The summed E-state index contributed by atoms with van der Waals surface area (Å²) in [5, 5.41) is -7.36. The molecular weight excluding hydrogens is 428 g/mol. The first-order valence-electron chi connectivity index (χ1n) is 5.86. The molecule has 0 fully saturated rings. The first-order chi connectivity index (χ1) is 11.0. The molecule has 0 amide bonds. The fraction of sp³-hybridized carbons (Fsp3) is 0.800. The summed E-state index contributed by atoms with van der Waals surface area (Å²) < 4.78 is 176. The highest BCUT2D eigenvalue weighted by molar-refractivity contribution is 7.87. The van der Waals surface area contributed by atoms with Gasteiger partial charge in [0.1, 0.15) is 0 Å². The largest absolute Gasteiger partial charge is 0.460 e. The Kier molecular flexibility index (Phi) is 6.45. The SMILES string of the molecule is C=C(C)CC(OS(=O)(=O)C(F)(F)C(F)(F)C(F)(F)C(F)(F)F)C(F)(F)F. The predicted molar refractivity (Wildman–Crippen MR) is 60.2 cm³/mol. The Balaban J connectivity index is 6.14. The zero-order valence-electron chi connectivity index (χ0n) is 12.2. The molecule has 0 saturated carbocycles. The third kappa shape index (κ3) is 4.37. The average Bonchev–Trinajstić information content (AvgIpc) is 2.33. The second-order valence-electron chi connectivity index (χ2n) is 4.91. The van der Waals surface area contributed by atoms with Crippen LogP contribution in [0.5, 0.6) is 0 Å². The van der Waals surface area contributed by atoms with E-state index in [0.717, 1.165) is 6.92 Å². The topological polar surface area (TPSA) is 43.4 Å². The number of hydrogen-bond acceptors (Lipinski definition) is 3. The lowest BCUT2D eigenvalue weighted by Crippen LogP contribution is -2.63. The maximum atomic E-state index is 13.3. The van der Waals surface area contributed by atoms with Gasteiger partial charge in [-0.05, 0) is 6.92 Å². The van der Waals surface area contributed by atoms with Gasteiger partial charge in [0, 0.05) is 6.42 Å². The van der Waals surface area contributed by atoms with E-state index < -0.39 is 57.7 Å². The van der Waals surface area contributed by atoms with Crippen LogP contribution in [-0.4, -0.2) is 44.0 Å². The van der Waals surface area contributed by atoms with E-state index in [1.165, 1.54) is 0 Å². The fourth-order valence-corrected chi connectivity index (χ4v) is 2.30. The summed E-state index contributed by atoms with van der Waals surface area (Å²) in [5.41, 5.74) is -0.557. The predicted octanol–water partition coefficient (Wildman–Crippen LogP) is 4.66. The summed E-state index contributed by atoms with van der Waals surface area (Å²) in [5.74, 6) is -15.3. The van der Waals surface area contributed by atoms with E-state index in [0.29, 0.717) is 0 Å². The minimum absolute atomic E-state index is 0.557. The maximum absolute atomic E-state index is 13.3. The van der Waals surface area contributed by atoms with Gasteiger partial charge in [-0.1, -0.05) is 5.57 Å². The molecule has 0 radical (unpaired) electrons. The van der Waals surface area contributed by atoms with Crippen molar-refractivity contribution < 1.29 is 65.3 Å². The van der Waals surface area contributed by atoms with E-state index in [1.807, 2.05) is 0 Å². The first-order valence-corrected chi connectivity index (χ1v) is 7.27. The van der Waals surface area contributed by atoms with E-state index in [2.05, 4.69) is 10.8 Å². The van der Waals surface area contributed by atoms with E-state index in [-0.39, 0.29) is 0 Å². The molecule has 0 N–H and O–H groups in total. The molecule has 26 heavy (non-hydrogen) atoms. The Hall–Kier alpha value is -1.19. The van der Waals surface area contributed by atoms with E-state index in [9.17, 15) is 61.1 Å². The number of alkyl halides is 12. The van der Waals surface area contributed by atoms with Gasteiger partial charge in [0.2, 0.25) is 0 Å². The Morgan fingerprint density at radius 3 is 1.54 bits per heavy atom. The summed E-state index contributed by atoms with van der Waals surface area (Å²) in [6.45, 7) is 3.65.